The van der Waals surface area contributed by atoms with E-state index >= 15 is 0 Å². The molecule has 4 rings (SSSR count). The van der Waals surface area contributed by atoms with Gasteiger partial charge in [0.2, 0.25) is 9.84 Å². The van der Waals surface area contributed by atoms with Gasteiger partial charge in [-0.05, 0) is 35.9 Å². The van der Waals surface area contributed by atoms with Gasteiger partial charge >= 0.3 is 0 Å². The molecule has 34 heavy (non-hydrogen) atoms. The van der Waals surface area contributed by atoms with Crippen LogP contribution in [0.2, 0.25) is 0 Å². The number of methoxy groups -OCH3 is 3. The van der Waals surface area contributed by atoms with Crippen LogP contribution in [0.5, 0.6) is 17.2 Å². The summed E-state index contributed by atoms with van der Waals surface area (Å²) in [5, 5.41) is 10.1. The Labute approximate surface area is 195 Å². The fourth-order valence-electron chi connectivity index (χ4n) is 3.45. The van der Waals surface area contributed by atoms with Crippen LogP contribution < -0.4 is 19.5 Å². The van der Waals surface area contributed by atoms with Crippen LogP contribution in [-0.2, 0) is 16.4 Å². The maximum atomic E-state index is 13.4. The van der Waals surface area contributed by atoms with Gasteiger partial charge in [-0.25, -0.2) is 13.4 Å². The van der Waals surface area contributed by atoms with E-state index in [2.05, 4.69) is 20.5 Å². The number of carbonyl (C=O) groups excluding carboxylic acids is 1. The van der Waals surface area contributed by atoms with Gasteiger partial charge in [-0.15, -0.1) is 0 Å². The highest BCUT2D eigenvalue weighted by molar-refractivity contribution is 7.91. The summed E-state index contributed by atoms with van der Waals surface area (Å²) >= 11 is 0. The highest BCUT2D eigenvalue weighted by Crippen LogP contribution is 2.43. The first-order chi connectivity index (χ1) is 16.4. The van der Waals surface area contributed by atoms with Gasteiger partial charge in [0.15, 0.2) is 22.0 Å². The summed E-state index contributed by atoms with van der Waals surface area (Å²) in [4.78, 5) is 16.5. The largest absolute Gasteiger partial charge is 0.495 e. The number of nitrogens with zero attached hydrogens (tertiary/aromatic N) is 2. The summed E-state index contributed by atoms with van der Waals surface area (Å²) in [6.45, 7) is 0.203. The Morgan fingerprint density at radius 2 is 1.68 bits per heavy atom. The smallest absolute Gasteiger partial charge is 0.253 e. The molecule has 4 aromatic rings. The number of amides is 1. The lowest BCUT2D eigenvalue weighted by atomic mass is 10.2. The molecule has 2 aromatic heterocycles. The molecule has 0 atom stereocenters. The van der Waals surface area contributed by atoms with Crippen LogP contribution in [0, 0.1) is 0 Å². The molecular weight excluding hydrogens is 460 g/mol. The minimum Gasteiger partial charge on any atom is -0.495 e. The van der Waals surface area contributed by atoms with Crippen molar-refractivity contribution >= 4 is 26.8 Å². The van der Waals surface area contributed by atoms with E-state index in [1.165, 1.54) is 45.7 Å². The zero-order chi connectivity index (χ0) is 24.3. The zero-order valence-electron chi connectivity index (χ0n) is 18.7. The molecule has 0 aliphatic heterocycles. The number of benzene rings is 2. The van der Waals surface area contributed by atoms with Gasteiger partial charge in [0, 0.05) is 18.1 Å². The fraction of sp³-hybridized carbons (Fsp3) is 0.174. The average Bonchev–Trinajstić information content (AvgIpc) is 3.34. The first-order valence-corrected chi connectivity index (χ1v) is 11.6. The molecule has 1 amide bonds. The van der Waals surface area contributed by atoms with Gasteiger partial charge in [0.1, 0.15) is 5.75 Å². The molecule has 2 aromatic carbocycles. The topological polar surface area (TPSA) is 132 Å². The number of nitrogens with one attached hydrogen (secondary N) is 2. The Morgan fingerprint density at radius 1 is 0.971 bits per heavy atom. The molecule has 11 heteroatoms. The number of hydrogen-bond donors (Lipinski definition) is 2. The van der Waals surface area contributed by atoms with E-state index in [0.717, 1.165) is 5.39 Å². The van der Waals surface area contributed by atoms with Gasteiger partial charge in [0.25, 0.3) is 5.91 Å². The lowest BCUT2D eigenvalue weighted by Gasteiger charge is -2.16. The lowest BCUT2D eigenvalue weighted by Crippen LogP contribution is -2.22. The average molecular weight is 483 g/mol. The summed E-state index contributed by atoms with van der Waals surface area (Å²) in [7, 11) is 0.170. The van der Waals surface area contributed by atoms with Gasteiger partial charge in [-0.3, -0.25) is 9.89 Å². The van der Waals surface area contributed by atoms with Crippen LogP contribution in [0.25, 0.3) is 11.0 Å². The van der Waals surface area contributed by atoms with Crippen molar-refractivity contribution in [3.05, 3.63) is 66.0 Å². The van der Waals surface area contributed by atoms with Crippen LogP contribution >= 0.6 is 0 Å². The third kappa shape index (κ3) is 4.25. The molecule has 10 nitrogen and oxygen atoms in total. The first kappa shape index (κ1) is 23.1. The van der Waals surface area contributed by atoms with Crippen LogP contribution in [0.4, 0.5) is 0 Å². The minimum absolute atomic E-state index is 0.0436. The standard InChI is InChI=1S/C23H22N4O6S/c1-31-18-8-9-19(32-2)21(20(18)33-3)34(29,30)17-6-4-14(5-7-17)11-25-23(28)16-10-15-13-26-27-22(15)24-12-16/h4-10,12-13H,11H2,1-3H3,(H,25,28)(H,24,26,27). The van der Waals surface area contributed by atoms with Crippen molar-refractivity contribution in [2.75, 3.05) is 21.3 Å². The second-order valence-electron chi connectivity index (χ2n) is 7.19. The van der Waals surface area contributed by atoms with Crippen LogP contribution in [-0.4, -0.2) is 50.8 Å². The molecule has 176 valence electrons. The highest BCUT2D eigenvalue weighted by Gasteiger charge is 2.29. The highest BCUT2D eigenvalue weighted by atomic mass is 32.2. The Morgan fingerprint density at radius 3 is 2.35 bits per heavy atom. The summed E-state index contributed by atoms with van der Waals surface area (Å²) in [5.41, 5.74) is 1.71. The fourth-order valence-corrected chi connectivity index (χ4v) is 5.02. The number of sulfone groups is 1. The van der Waals surface area contributed by atoms with E-state index in [-0.39, 0.29) is 39.5 Å². The van der Waals surface area contributed by atoms with E-state index < -0.39 is 9.84 Å². The van der Waals surface area contributed by atoms with Crippen molar-refractivity contribution < 1.29 is 27.4 Å². The van der Waals surface area contributed by atoms with E-state index in [1.54, 1.807) is 30.5 Å². The number of hydrogen-bond acceptors (Lipinski definition) is 8. The van der Waals surface area contributed by atoms with E-state index in [0.29, 0.717) is 16.8 Å². The number of H-pyrrole nitrogens is 1. The Bertz CT molecular complexity index is 1450. The van der Waals surface area contributed by atoms with Gasteiger partial charge in [0.05, 0.1) is 38.0 Å². The summed E-state index contributed by atoms with van der Waals surface area (Å²) < 4.78 is 42.7. The molecule has 2 heterocycles. The maximum Gasteiger partial charge on any atom is 0.253 e. The van der Waals surface area contributed by atoms with E-state index in [9.17, 15) is 13.2 Å². The third-order valence-corrected chi connectivity index (χ3v) is 7.01. The van der Waals surface area contributed by atoms with E-state index in [4.69, 9.17) is 14.2 Å². The van der Waals surface area contributed by atoms with Crippen molar-refractivity contribution in [3.63, 3.8) is 0 Å². The first-order valence-electron chi connectivity index (χ1n) is 10.1. The molecule has 0 saturated carbocycles. The normalized spacial score (nSPS) is 11.3. The predicted octanol–water partition coefficient (Wildman–Crippen LogP) is 2.75. The third-order valence-electron chi connectivity index (χ3n) is 5.19. The quantitative estimate of drug-likeness (QED) is 0.392. The molecule has 0 saturated heterocycles. The molecular formula is C23H22N4O6S. The maximum absolute atomic E-state index is 13.4. The van der Waals surface area contributed by atoms with Gasteiger partial charge in [-0.1, -0.05) is 12.1 Å². The number of aromatic amines is 1. The van der Waals surface area contributed by atoms with Crippen LogP contribution in [0.3, 0.4) is 0 Å². The molecule has 0 fully saturated rings. The van der Waals surface area contributed by atoms with Crippen molar-refractivity contribution in [1.82, 2.24) is 20.5 Å². The molecule has 0 spiro atoms. The predicted molar refractivity (Wildman–Crippen MR) is 123 cm³/mol. The number of rotatable bonds is 8. The Hall–Kier alpha value is -4.12. The molecule has 0 aliphatic carbocycles. The van der Waals surface area contributed by atoms with Crippen molar-refractivity contribution in [1.29, 1.82) is 0 Å². The van der Waals surface area contributed by atoms with Crippen LogP contribution in [0.1, 0.15) is 15.9 Å². The summed E-state index contributed by atoms with van der Waals surface area (Å²) in [6.07, 6.45) is 3.05. The van der Waals surface area contributed by atoms with Crippen molar-refractivity contribution in [2.45, 2.75) is 16.3 Å². The van der Waals surface area contributed by atoms with Gasteiger partial charge in [-0.2, -0.15) is 5.10 Å². The Balaban J connectivity index is 1.55. The number of ether oxygens (including phenoxy) is 3. The number of aromatic nitrogens is 3. The lowest BCUT2D eigenvalue weighted by molar-refractivity contribution is 0.0950. The second kappa shape index (κ2) is 9.40. The number of fused-ring (bicyclic) bond motifs is 1. The molecule has 0 unspecified atom stereocenters. The number of carbonyl (C=O) groups is 1. The Kier molecular flexibility index (Phi) is 6.37. The zero-order valence-corrected chi connectivity index (χ0v) is 19.5. The molecule has 2 N–H and O–H groups in total. The molecule has 0 aliphatic rings. The minimum atomic E-state index is -4.00. The number of pyridine rings is 1. The molecule has 0 bridgehead atoms. The van der Waals surface area contributed by atoms with Crippen LogP contribution in [0.15, 0.2) is 64.6 Å². The van der Waals surface area contributed by atoms with Crippen molar-refractivity contribution in [2.24, 2.45) is 0 Å². The van der Waals surface area contributed by atoms with Crippen molar-refractivity contribution in [3.8, 4) is 17.2 Å². The monoisotopic (exact) mass is 482 g/mol. The summed E-state index contributed by atoms with van der Waals surface area (Å²) in [5.74, 6) is 0.154. The summed E-state index contributed by atoms with van der Waals surface area (Å²) in [6, 6.07) is 11.0. The second-order valence-corrected chi connectivity index (χ2v) is 9.08. The molecule has 0 radical (unpaired) electrons. The SMILES string of the molecule is COc1ccc(OC)c(S(=O)(=O)c2ccc(CNC(=O)c3cnc4[nH]ncc4c3)cc2)c1OC. The van der Waals surface area contributed by atoms with E-state index in [1.807, 2.05) is 0 Å². The van der Waals surface area contributed by atoms with Gasteiger partial charge < -0.3 is 19.5 Å².